The van der Waals surface area contributed by atoms with Gasteiger partial charge in [0.1, 0.15) is 17.5 Å². The van der Waals surface area contributed by atoms with Gasteiger partial charge in [0.2, 0.25) is 10.0 Å². The Bertz CT molecular complexity index is 1540. The molecule has 3 aromatic carbocycles. The molecule has 0 fully saturated rings. The van der Waals surface area contributed by atoms with Gasteiger partial charge in [-0.15, -0.1) is 0 Å². The number of anilines is 2. The van der Waals surface area contributed by atoms with Gasteiger partial charge < -0.3 is 15.2 Å². The highest BCUT2D eigenvalue weighted by atomic mass is 127. The Hall–Kier alpha value is -2.76. The van der Waals surface area contributed by atoms with E-state index in [4.69, 9.17) is 17.4 Å². The summed E-state index contributed by atoms with van der Waals surface area (Å²) in [6.07, 6.45) is 1.81. The number of rotatable bonds is 5. The van der Waals surface area contributed by atoms with E-state index in [0.717, 1.165) is 19.3 Å². The number of sulfonamides is 1. The van der Waals surface area contributed by atoms with E-state index in [0.29, 0.717) is 27.7 Å². The Morgan fingerprint density at radius 2 is 1.63 bits per heavy atom. The van der Waals surface area contributed by atoms with Crippen molar-refractivity contribution in [3.05, 3.63) is 92.6 Å². The second-order valence-electron chi connectivity index (χ2n) is 7.38. The lowest BCUT2D eigenvalue weighted by Gasteiger charge is -2.14. The van der Waals surface area contributed by atoms with Gasteiger partial charge in [-0.3, -0.25) is 0 Å². The molecule has 0 unspecified atom stereocenters. The summed E-state index contributed by atoms with van der Waals surface area (Å²) in [5.74, 6) is 0.441. The number of hydrogen-bond donors (Lipinski definition) is 3. The maximum atomic E-state index is 11.7. The summed E-state index contributed by atoms with van der Waals surface area (Å²) >= 11 is 11.2. The molecule has 1 heterocycles. The summed E-state index contributed by atoms with van der Waals surface area (Å²) < 4.78 is 27.1. The predicted octanol–water partition coefficient (Wildman–Crippen LogP) is 5.84. The van der Waals surface area contributed by atoms with Crippen molar-refractivity contribution in [3.8, 4) is 22.9 Å². The maximum absolute atomic E-state index is 11.7. The van der Waals surface area contributed by atoms with Crippen LogP contribution in [0, 0.1) is 14.9 Å². The van der Waals surface area contributed by atoms with Gasteiger partial charge in [0.25, 0.3) is 0 Å². The second-order valence-corrected chi connectivity index (χ2v) is 11.5. The normalized spacial score (nSPS) is 11.0. The predicted molar refractivity (Wildman–Crippen MR) is 154 cm³/mol. The van der Waals surface area contributed by atoms with Crippen LogP contribution in [-0.4, -0.2) is 18.1 Å². The third-order valence-corrected chi connectivity index (χ3v) is 7.43. The number of nitrogens with zero attached hydrogens (tertiary/aromatic N) is 2. The van der Waals surface area contributed by atoms with Gasteiger partial charge in [0.05, 0.1) is 4.90 Å². The van der Waals surface area contributed by atoms with Crippen LogP contribution < -0.4 is 15.8 Å². The van der Waals surface area contributed by atoms with Crippen LogP contribution in [0.3, 0.4) is 0 Å². The van der Waals surface area contributed by atoms with Crippen molar-refractivity contribution in [2.24, 2.45) is 5.14 Å². The minimum atomic E-state index is -3.84. The molecular weight excluding hydrogens is 661 g/mol. The van der Waals surface area contributed by atoms with Gasteiger partial charge in [-0.1, -0.05) is 28.1 Å². The first-order valence-corrected chi connectivity index (χ1v) is 13.9. The number of nitrogens with one attached hydrogen (secondary N) is 2. The molecule has 0 saturated carbocycles. The minimum Gasteiger partial charge on any atom is -0.332 e. The summed E-state index contributed by atoms with van der Waals surface area (Å²) in [7, 11) is -3.84. The number of benzene rings is 3. The molecule has 0 bridgehead atoms. The topological polar surface area (TPSA) is 113 Å². The van der Waals surface area contributed by atoms with Crippen LogP contribution in [0.15, 0.2) is 88.4 Å². The summed E-state index contributed by atoms with van der Waals surface area (Å²) in [6.45, 7) is 0. The summed E-state index contributed by atoms with van der Waals surface area (Å²) in [5, 5.41) is 21.9. The molecule has 0 amide bonds. The average Bonchev–Trinajstić information content (AvgIpc) is 3.18. The highest BCUT2D eigenvalue weighted by Gasteiger charge is 2.20. The van der Waals surface area contributed by atoms with Gasteiger partial charge in [-0.25, -0.2) is 13.6 Å². The van der Waals surface area contributed by atoms with Gasteiger partial charge in [0, 0.05) is 31.2 Å². The van der Waals surface area contributed by atoms with E-state index in [1.165, 1.54) is 12.1 Å². The fraction of sp³-hybridized carbons (Fsp3) is 0. The zero-order valence-corrected chi connectivity index (χ0v) is 23.2. The molecular formula is C24H17BrIN5O2S2. The van der Waals surface area contributed by atoms with Crippen molar-refractivity contribution in [1.29, 1.82) is 5.26 Å². The molecule has 0 radical (unpaired) electrons. The molecule has 4 N–H and O–H groups in total. The molecule has 176 valence electrons. The van der Waals surface area contributed by atoms with E-state index >= 15 is 0 Å². The largest absolute Gasteiger partial charge is 0.332 e. The van der Waals surface area contributed by atoms with Crippen molar-refractivity contribution in [2.45, 2.75) is 4.90 Å². The van der Waals surface area contributed by atoms with E-state index in [9.17, 15) is 13.7 Å². The monoisotopic (exact) mass is 677 g/mol. The molecule has 0 aliphatic rings. The molecule has 1 aromatic heterocycles. The first-order valence-electron chi connectivity index (χ1n) is 10.0. The Labute approximate surface area is 230 Å². The van der Waals surface area contributed by atoms with Crippen LogP contribution in [0.25, 0.3) is 16.8 Å². The van der Waals surface area contributed by atoms with Crippen LogP contribution in [0.1, 0.15) is 5.56 Å². The zero-order chi connectivity index (χ0) is 25.2. The molecule has 11 heteroatoms. The summed E-state index contributed by atoms with van der Waals surface area (Å²) in [5.41, 5.74) is 3.33. The number of primary sulfonamides is 1. The van der Waals surface area contributed by atoms with Crippen molar-refractivity contribution in [1.82, 2.24) is 4.57 Å². The van der Waals surface area contributed by atoms with Crippen LogP contribution >= 0.6 is 50.7 Å². The van der Waals surface area contributed by atoms with E-state index in [2.05, 4.69) is 55.2 Å². The molecule has 7 nitrogen and oxygen atoms in total. The quantitative estimate of drug-likeness (QED) is 0.181. The number of nitrogens with two attached hydrogens (primary N) is 1. The van der Waals surface area contributed by atoms with Gasteiger partial charge >= 0.3 is 0 Å². The summed E-state index contributed by atoms with van der Waals surface area (Å²) in [6, 6.07) is 23.7. The highest BCUT2D eigenvalue weighted by molar-refractivity contribution is 14.1. The highest BCUT2D eigenvalue weighted by Crippen LogP contribution is 2.34. The number of halogens is 2. The third-order valence-electron chi connectivity index (χ3n) is 5.05. The van der Waals surface area contributed by atoms with Gasteiger partial charge in [-0.05, 0) is 101 Å². The SMILES string of the molecule is N#Cc1c(-c2ccc(Br)cc2)cn(-c2ccc(S(N)(=O)=O)cc2)c1NC(=S)Nc1ccc(I)cc1. The van der Waals surface area contributed by atoms with Crippen LogP contribution in [0.2, 0.25) is 0 Å². The van der Waals surface area contributed by atoms with E-state index in [1.807, 2.05) is 54.7 Å². The third kappa shape index (κ3) is 5.91. The molecule has 0 saturated heterocycles. The molecule has 4 rings (SSSR count). The Balaban J connectivity index is 1.79. The molecule has 0 aliphatic heterocycles. The molecule has 35 heavy (non-hydrogen) atoms. The van der Waals surface area contributed by atoms with Crippen molar-refractivity contribution in [3.63, 3.8) is 0 Å². The fourth-order valence-corrected chi connectivity index (χ4v) is 4.75. The van der Waals surface area contributed by atoms with Crippen molar-refractivity contribution in [2.75, 3.05) is 10.6 Å². The fourth-order valence-electron chi connectivity index (χ4n) is 3.39. The number of aromatic nitrogens is 1. The minimum absolute atomic E-state index is 0.00699. The summed E-state index contributed by atoms with van der Waals surface area (Å²) in [4.78, 5) is -0.00699. The number of thiocarbonyl (C=S) groups is 1. The second kappa shape index (κ2) is 10.5. The maximum Gasteiger partial charge on any atom is 0.238 e. The lowest BCUT2D eigenvalue weighted by atomic mass is 10.1. The van der Waals surface area contributed by atoms with Crippen LogP contribution in [0.5, 0.6) is 0 Å². The van der Waals surface area contributed by atoms with E-state index < -0.39 is 10.0 Å². The first-order chi connectivity index (χ1) is 16.7. The number of hydrogen-bond acceptors (Lipinski definition) is 4. The molecule has 0 aliphatic carbocycles. The lowest BCUT2D eigenvalue weighted by molar-refractivity contribution is 0.598. The molecule has 4 aromatic rings. The zero-order valence-electron chi connectivity index (χ0n) is 17.9. The number of nitriles is 1. The standard InChI is InChI=1S/C24H17BrIN5O2S2/c25-16-3-1-15(2-4-16)22-14-31(19-9-11-20(12-10-19)35(28,32)33)23(21(22)13-27)30-24(34)29-18-7-5-17(26)6-8-18/h1-12,14H,(H2,28,32,33)(H2,29,30,34). The Morgan fingerprint density at radius 3 is 2.20 bits per heavy atom. The molecule has 0 spiro atoms. The smallest absolute Gasteiger partial charge is 0.238 e. The van der Waals surface area contributed by atoms with Gasteiger partial charge in [-0.2, -0.15) is 5.26 Å². The van der Waals surface area contributed by atoms with Crippen LogP contribution in [-0.2, 0) is 10.0 Å². The van der Waals surface area contributed by atoms with Crippen molar-refractivity contribution < 1.29 is 8.42 Å². The molecule has 0 atom stereocenters. The van der Waals surface area contributed by atoms with Crippen LogP contribution in [0.4, 0.5) is 11.5 Å². The van der Waals surface area contributed by atoms with Gasteiger partial charge in [0.15, 0.2) is 5.11 Å². The first kappa shape index (κ1) is 25.3. The van der Waals surface area contributed by atoms with Crippen molar-refractivity contribution >= 4 is 77.4 Å². The van der Waals surface area contributed by atoms with E-state index in [-0.39, 0.29) is 4.90 Å². The Kier molecular flexibility index (Phi) is 7.58. The van der Waals surface area contributed by atoms with E-state index in [1.54, 1.807) is 16.7 Å². The Morgan fingerprint density at radius 1 is 1.00 bits per heavy atom. The lowest BCUT2D eigenvalue weighted by Crippen LogP contribution is -2.21. The average molecular weight is 678 g/mol.